The van der Waals surface area contributed by atoms with Crippen LogP contribution in [0.15, 0.2) is 24.0 Å². The fourth-order valence-corrected chi connectivity index (χ4v) is 2.76. The zero-order valence-corrected chi connectivity index (χ0v) is 13.7. The topological polar surface area (TPSA) is 47.0 Å². The second-order valence-corrected chi connectivity index (χ2v) is 6.41. The number of ether oxygens (including phenoxy) is 1. The largest absolute Gasteiger partial charge is 0.491 e. The molecule has 0 unspecified atom stereocenters. The third kappa shape index (κ3) is 5.10. The number of aromatic nitrogens is 2. The molecule has 5 heteroatoms. The summed E-state index contributed by atoms with van der Waals surface area (Å²) in [5.41, 5.74) is 4.15. The SMILES string of the molecule is Cc1ncsc1CCOc1cnccc1CNCC(C)C. The molecule has 0 saturated carbocycles. The third-order valence-electron chi connectivity index (χ3n) is 3.17. The van der Waals surface area contributed by atoms with Crippen molar-refractivity contribution in [3.8, 4) is 5.75 Å². The average Bonchev–Trinajstić information content (AvgIpc) is 2.86. The van der Waals surface area contributed by atoms with Gasteiger partial charge in [-0.05, 0) is 25.5 Å². The van der Waals surface area contributed by atoms with Gasteiger partial charge in [-0.3, -0.25) is 4.98 Å². The smallest absolute Gasteiger partial charge is 0.142 e. The number of hydrogen-bond acceptors (Lipinski definition) is 5. The first-order valence-corrected chi connectivity index (χ1v) is 8.20. The lowest BCUT2D eigenvalue weighted by Crippen LogP contribution is -2.19. The van der Waals surface area contributed by atoms with Gasteiger partial charge in [0.05, 0.1) is 24.0 Å². The molecule has 2 heterocycles. The molecule has 0 aromatic carbocycles. The predicted molar refractivity (Wildman–Crippen MR) is 86.8 cm³/mol. The summed E-state index contributed by atoms with van der Waals surface area (Å²) in [4.78, 5) is 9.71. The lowest BCUT2D eigenvalue weighted by atomic mass is 10.2. The average molecular weight is 305 g/mol. The Bertz CT molecular complexity index is 554. The summed E-state index contributed by atoms with van der Waals surface area (Å²) in [5.74, 6) is 1.52. The van der Waals surface area contributed by atoms with Crippen LogP contribution in [0, 0.1) is 12.8 Å². The van der Waals surface area contributed by atoms with Crippen LogP contribution >= 0.6 is 11.3 Å². The lowest BCUT2D eigenvalue weighted by molar-refractivity contribution is 0.317. The van der Waals surface area contributed by atoms with E-state index in [0.29, 0.717) is 12.5 Å². The van der Waals surface area contributed by atoms with Gasteiger partial charge in [-0.2, -0.15) is 0 Å². The van der Waals surface area contributed by atoms with Crippen LogP contribution in [0.4, 0.5) is 0 Å². The highest BCUT2D eigenvalue weighted by Crippen LogP contribution is 2.18. The van der Waals surface area contributed by atoms with Gasteiger partial charge in [0.25, 0.3) is 0 Å². The molecule has 114 valence electrons. The summed E-state index contributed by atoms with van der Waals surface area (Å²) in [7, 11) is 0. The molecule has 1 N–H and O–H groups in total. The van der Waals surface area contributed by atoms with Crippen LogP contribution in [0.3, 0.4) is 0 Å². The summed E-state index contributed by atoms with van der Waals surface area (Å²) < 4.78 is 5.90. The Morgan fingerprint density at radius 3 is 2.95 bits per heavy atom. The fourth-order valence-electron chi connectivity index (χ4n) is 2.00. The van der Waals surface area contributed by atoms with Crippen LogP contribution in [0.2, 0.25) is 0 Å². The molecule has 0 aliphatic heterocycles. The van der Waals surface area contributed by atoms with Gasteiger partial charge in [-0.15, -0.1) is 11.3 Å². The number of rotatable bonds is 8. The van der Waals surface area contributed by atoms with Crippen LogP contribution in [0.5, 0.6) is 5.75 Å². The summed E-state index contributed by atoms with van der Waals surface area (Å²) in [6.45, 7) is 8.92. The van der Waals surface area contributed by atoms with Gasteiger partial charge in [0.2, 0.25) is 0 Å². The highest BCUT2D eigenvalue weighted by atomic mass is 32.1. The van der Waals surface area contributed by atoms with E-state index in [-0.39, 0.29) is 0 Å². The number of nitrogens with one attached hydrogen (secondary N) is 1. The molecular formula is C16H23N3OS. The summed E-state index contributed by atoms with van der Waals surface area (Å²) in [6.07, 6.45) is 4.50. The monoisotopic (exact) mass is 305 g/mol. The maximum Gasteiger partial charge on any atom is 0.142 e. The Morgan fingerprint density at radius 1 is 1.38 bits per heavy atom. The van der Waals surface area contributed by atoms with E-state index in [2.05, 4.69) is 29.1 Å². The number of aryl methyl sites for hydroxylation is 1. The normalized spacial score (nSPS) is 11.0. The van der Waals surface area contributed by atoms with Gasteiger partial charge in [0.1, 0.15) is 5.75 Å². The molecule has 0 fully saturated rings. The molecule has 0 amide bonds. The van der Waals surface area contributed by atoms with Crippen LogP contribution in [0.25, 0.3) is 0 Å². The Kier molecular flexibility index (Phi) is 6.14. The van der Waals surface area contributed by atoms with Gasteiger partial charge >= 0.3 is 0 Å². The van der Waals surface area contributed by atoms with E-state index < -0.39 is 0 Å². The summed E-state index contributed by atoms with van der Waals surface area (Å²) >= 11 is 1.69. The van der Waals surface area contributed by atoms with Crippen molar-refractivity contribution in [2.24, 2.45) is 5.92 Å². The molecule has 0 aliphatic carbocycles. The zero-order chi connectivity index (χ0) is 15.1. The van der Waals surface area contributed by atoms with Gasteiger partial charge in [-0.1, -0.05) is 13.8 Å². The van der Waals surface area contributed by atoms with Crippen LogP contribution in [-0.2, 0) is 13.0 Å². The first kappa shape index (κ1) is 15.9. The van der Waals surface area contributed by atoms with E-state index in [9.17, 15) is 0 Å². The van der Waals surface area contributed by atoms with Crippen LogP contribution < -0.4 is 10.1 Å². The number of nitrogens with zero attached hydrogens (tertiary/aromatic N) is 2. The molecular weight excluding hydrogens is 282 g/mol. The first-order valence-electron chi connectivity index (χ1n) is 7.32. The number of pyridine rings is 1. The van der Waals surface area contributed by atoms with Crippen LogP contribution in [-0.4, -0.2) is 23.1 Å². The second-order valence-electron chi connectivity index (χ2n) is 5.47. The molecule has 2 rings (SSSR count). The quantitative estimate of drug-likeness (QED) is 0.813. The molecule has 0 saturated heterocycles. The molecule has 0 atom stereocenters. The third-order valence-corrected chi connectivity index (χ3v) is 4.16. The maximum atomic E-state index is 5.90. The lowest BCUT2D eigenvalue weighted by Gasteiger charge is -2.12. The van der Waals surface area contributed by atoms with Crippen molar-refractivity contribution in [3.05, 3.63) is 40.1 Å². The number of thiazole rings is 1. The Hall–Kier alpha value is -1.46. The van der Waals surface area contributed by atoms with E-state index in [0.717, 1.165) is 36.5 Å². The minimum Gasteiger partial charge on any atom is -0.491 e. The summed E-state index contributed by atoms with van der Waals surface area (Å²) in [5, 5.41) is 3.44. The van der Waals surface area contributed by atoms with Gasteiger partial charge in [0.15, 0.2) is 0 Å². The van der Waals surface area contributed by atoms with E-state index in [1.807, 2.05) is 24.7 Å². The standard InChI is InChI=1S/C16H23N3OS/c1-12(2)8-18-9-14-4-6-17-10-15(14)20-7-5-16-13(3)19-11-21-16/h4,6,10-12,18H,5,7-9H2,1-3H3. The Labute approximate surface area is 130 Å². The molecule has 0 spiro atoms. The Balaban J connectivity index is 1.86. The molecule has 4 nitrogen and oxygen atoms in total. The second kappa shape index (κ2) is 8.10. The molecule has 0 radical (unpaired) electrons. The van der Waals surface area contributed by atoms with Crippen molar-refractivity contribution in [2.75, 3.05) is 13.2 Å². The van der Waals surface area contributed by atoms with E-state index in [1.165, 1.54) is 4.88 Å². The van der Waals surface area contributed by atoms with Crippen molar-refractivity contribution in [2.45, 2.75) is 33.7 Å². The van der Waals surface area contributed by atoms with Crippen molar-refractivity contribution in [3.63, 3.8) is 0 Å². The minimum atomic E-state index is 0.644. The van der Waals surface area contributed by atoms with Gasteiger partial charge in [-0.25, -0.2) is 4.98 Å². The van der Waals surface area contributed by atoms with E-state index >= 15 is 0 Å². The molecule has 2 aromatic rings. The fraction of sp³-hybridized carbons (Fsp3) is 0.500. The van der Waals surface area contributed by atoms with E-state index in [4.69, 9.17) is 4.74 Å². The number of hydrogen-bond donors (Lipinski definition) is 1. The van der Waals surface area contributed by atoms with Crippen molar-refractivity contribution >= 4 is 11.3 Å². The molecule has 21 heavy (non-hydrogen) atoms. The van der Waals surface area contributed by atoms with Crippen LogP contribution in [0.1, 0.15) is 30.0 Å². The zero-order valence-electron chi connectivity index (χ0n) is 12.9. The van der Waals surface area contributed by atoms with Crippen molar-refractivity contribution in [1.82, 2.24) is 15.3 Å². The summed E-state index contributed by atoms with van der Waals surface area (Å²) in [6, 6.07) is 2.01. The van der Waals surface area contributed by atoms with Crippen molar-refractivity contribution < 1.29 is 4.74 Å². The minimum absolute atomic E-state index is 0.644. The predicted octanol–water partition coefficient (Wildman–Crippen LogP) is 3.21. The van der Waals surface area contributed by atoms with Gasteiger partial charge < -0.3 is 10.1 Å². The van der Waals surface area contributed by atoms with E-state index in [1.54, 1.807) is 17.5 Å². The van der Waals surface area contributed by atoms with Crippen molar-refractivity contribution in [1.29, 1.82) is 0 Å². The highest BCUT2D eigenvalue weighted by molar-refractivity contribution is 7.09. The maximum absolute atomic E-state index is 5.90. The highest BCUT2D eigenvalue weighted by Gasteiger charge is 2.06. The molecule has 2 aromatic heterocycles. The Morgan fingerprint density at radius 2 is 2.24 bits per heavy atom. The first-order chi connectivity index (χ1) is 10.2. The molecule has 0 bridgehead atoms. The van der Waals surface area contributed by atoms with Gasteiger partial charge in [0, 0.05) is 29.6 Å². The molecule has 0 aliphatic rings.